The van der Waals surface area contributed by atoms with Gasteiger partial charge < -0.3 is 10.1 Å². The van der Waals surface area contributed by atoms with E-state index in [-0.39, 0.29) is 17.4 Å². The summed E-state index contributed by atoms with van der Waals surface area (Å²) in [7, 11) is 1.62. The molecule has 0 saturated carbocycles. The van der Waals surface area contributed by atoms with Gasteiger partial charge in [-0.3, -0.25) is 4.79 Å². The van der Waals surface area contributed by atoms with Crippen LogP contribution in [0, 0.1) is 5.82 Å². The number of nitrogens with zero attached hydrogens (tertiary/aromatic N) is 5. The minimum absolute atomic E-state index is 0.202. The van der Waals surface area contributed by atoms with Crippen LogP contribution in [0.3, 0.4) is 0 Å². The Labute approximate surface area is 194 Å². The number of methoxy groups -OCH3 is 1. The Hall–Kier alpha value is -3.79. The van der Waals surface area contributed by atoms with E-state index in [0.717, 1.165) is 11.3 Å². The summed E-state index contributed by atoms with van der Waals surface area (Å²) in [5.74, 6) is 0.426. The van der Waals surface area contributed by atoms with Gasteiger partial charge in [-0.2, -0.15) is 0 Å². The molecule has 1 N–H and O–H groups in total. The summed E-state index contributed by atoms with van der Waals surface area (Å²) in [6.45, 7) is 0.420. The van der Waals surface area contributed by atoms with Crippen LogP contribution in [0.15, 0.2) is 72.1 Å². The molecule has 0 aliphatic carbocycles. The zero-order valence-electron chi connectivity index (χ0n) is 17.8. The van der Waals surface area contributed by atoms with Crippen LogP contribution in [-0.2, 0) is 12.2 Å². The number of aromatic nitrogens is 5. The van der Waals surface area contributed by atoms with Crippen molar-refractivity contribution in [2.75, 3.05) is 13.7 Å². The molecular weight excluding hydrogens is 443 g/mol. The van der Waals surface area contributed by atoms with Crippen LogP contribution in [0.5, 0.6) is 5.75 Å². The lowest BCUT2D eigenvalue weighted by Gasteiger charge is -2.09. The minimum atomic E-state index is -0.358. The molecule has 0 atom stereocenters. The first-order valence-corrected chi connectivity index (χ1v) is 11.1. The van der Waals surface area contributed by atoms with Gasteiger partial charge in [-0.05, 0) is 54.4 Å². The number of benzene rings is 2. The zero-order valence-corrected chi connectivity index (χ0v) is 18.6. The monoisotopic (exact) mass is 464 g/mol. The fourth-order valence-corrected chi connectivity index (χ4v) is 3.92. The predicted molar refractivity (Wildman–Crippen MR) is 122 cm³/mol. The smallest absolute Gasteiger partial charge is 0.273 e. The van der Waals surface area contributed by atoms with Gasteiger partial charge >= 0.3 is 0 Å². The molecule has 0 aliphatic heterocycles. The van der Waals surface area contributed by atoms with Gasteiger partial charge in [0, 0.05) is 24.7 Å². The molecule has 8 nitrogen and oxygen atoms in total. The SMILES string of the molecule is COc1cccc(CCNC(=O)c2nnn(-c3ccc(F)cc3)c2CSc2ncccn2)c1. The maximum atomic E-state index is 13.4. The van der Waals surface area contributed by atoms with Crippen molar-refractivity contribution in [3.63, 3.8) is 0 Å². The highest BCUT2D eigenvalue weighted by molar-refractivity contribution is 7.98. The molecule has 2 aromatic heterocycles. The Bertz CT molecular complexity index is 1220. The number of hydrogen-bond acceptors (Lipinski definition) is 7. The van der Waals surface area contributed by atoms with E-state index < -0.39 is 0 Å². The largest absolute Gasteiger partial charge is 0.497 e. The molecule has 0 saturated heterocycles. The number of hydrogen-bond donors (Lipinski definition) is 1. The Balaban J connectivity index is 1.51. The van der Waals surface area contributed by atoms with E-state index in [1.165, 1.54) is 28.6 Å². The average Bonchev–Trinajstić information content (AvgIpc) is 3.28. The van der Waals surface area contributed by atoms with Crippen molar-refractivity contribution in [2.24, 2.45) is 0 Å². The molecule has 10 heteroatoms. The second kappa shape index (κ2) is 10.7. The summed E-state index contributed by atoms with van der Waals surface area (Å²) in [5, 5.41) is 11.7. The lowest BCUT2D eigenvalue weighted by atomic mass is 10.1. The Morgan fingerprint density at radius 1 is 1.12 bits per heavy atom. The number of ether oxygens (including phenoxy) is 1. The molecule has 2 heterocycles. The van der Waals surface area contributed by atoms with Gasteiger partial charge in [-0.25, -0.2) is 19.0 Å². The number of rotatable bonds is 9. The fraction of sp³-hybridized carbons (Fsp3) is 0.174. The first-order chi connectivity index (χ1) is 16.1. The molecule has 0 bridgehead atoms. The third-order valence-electron chi connectivity index (χ3n) is 4.76. The summed E-state index contributed by atoms with van der Waals surface area (Å²) >= 11 is 1.36. The van der Waals surface area contributed by atoms with Crippen molar-refractivity contribution in [2.45, 2.75) is 17.3 Å². The van der Waals surface area contributed by atoms with Crippen LogP contribution in [0.4, 0.5) is 4.39 Å². The van der Waals surface area contributed by atoms with Crippen molar-refractivity contribution < 1.29 is 13.9 Å². The molecule has 0 unspecified atom stereocenters. The van der Waals surface area contributed by atoms with Gasteiger partial charge in [0.1, 0.15) is 11.6 Å². The molecule has 168 valence electrons. The number of nitrogens with one attached hydrogen (secondary N) is 1. The van der Waals surface area contributed by atoms with Crippen molar-refractivity contribution >= 4 is 17.7 Å². The van der Waals surface area contributed by atoms with Crippen LogP contribution in [-0.4, -0.2) is 44.5 Å². The van der Waals surface area contributed by atoms with Crippen LogP contribution < -0.4 is 10.1 Å². The molecule has 0 fully saturated rings. The third kappa shape index (κ3) is 5.72. The van der Waals surface area contributed by atoms with Crippen LogP contribution >= 0.6 is 11.8 Å². The summed E-state index contributed by atoms with van der Waals surface area (Å²) in [4.78, 5) is 21.3. The summed E-state index contributed by atoms with van der Waals surface area (Å²) in [6, 6.07) is 15.3. The van der Waals surface area contributed by atoms with Gasteiger partial charge in [0.05, 0.1) is 18.5 Å². The molecule has 0 aliphatic rings. The van der Waals surface area contributed by atoms with E-state index in [1.807, 2.05) is 24.3 Å². The molecule has 33 heavy (non-hydrogen) atoms. The Morgan fingerprint density at radius 3 is 2.67 bits per heavy atom. The molecule has 2 aromatic carbocycles. The predicted octanol–water partition coefficient (Wildman–Crippen LogP) is 3.47. The Morgan fingerprint density at radius 2 is 1.91 bits per heavy atom. The van der Waals surface area contributed by atoms with Crippen LogP contribution in [0.1, 0.15) is 21.7 Å². The van der Waals surface area contributed by atoms with Gasteiger partial charge in [0.25, 0.3) is 5.91 Å². The van der Waals surface area contributed by atoms with E-state index in [0.29, 0.717) is 35.3 Å². The summed E-state index contributed by atoms with van der Waals surface area (Å²) in [5.41, 5.74) is 2.41. The lowest BCUT2D eigenvalue weighted by Crippen LogP contribution is -2.27. The highest BCUT2D eigenvalue weighted by atomic mass is 32.2. The number of carbonyl (C=O) groups excluding carboxylic acids is 1. The molecule has 1 amide bonds. The number of amides is 1. The second-order valence-electron chi connectivity index (χ2n) is 6.95. The quantitative estimate of drug-likeness (QED) is 0.299. The molecule has 0 spiro atoms. The maximum Gasteiger partial charge on any atom is 0.273 e. The summed E-state index contributed by atoms with van der Waals surface area (Å²) < 4.78 is 20.2. The number of halogens is 1. The van der Waals surface area contributed by atoms with Crippen LogP contribution in [0.25, 0.3) is 5.69 Å². The lowest BCUT2D eigenvalue weighted by molar-refractivity contribution is 0.0948. The third-order valence-corrected chi connectivity index (χ3v) is 5.65. The van der Waals surface area contributed by atoms with Gasteiger partial charge in [-0.15, -0.1) is 5.10 Å². The maximum absolute atomic E-state index is 13.4. The number of carbonyl (C=O) groups is 1. The van der Waals surface area contributed by atoms with E-state index in [2.05, 4.69) is 25.6 Å². The first-order valence-electron chi connectivity index (χ1n) is 10.2. The van der Waals surface area contributed by atoms with Gasteiger partial charge in [0.15, 0.2) is 10.9 Å². The van der Waals surface area contributed by atoms with Crippen molar-refractivity contribution in [3.8, 4) is 11.4 Å². The van der Waals surface area contributed by atoms with Crippen LogP contribution in [0.2, 0.25) is 0 Å². The standard InChI is InChI=1S/C23H21FN6O2S/c1-32-19-5-2-4-16(14-19)10-13-25-22(31)21-20(15-33-23-26-11-3-12-27-23)30(29-28-21)18-8-6-17(24)7-9-18/h2-9,11-12,14H,10,13,15H2,1H3,(H,25,31). The molecule has 4 rings (SSSR count). The molecular formula is C23H21FN6O2S. The van der Waals surface area contributed by atoms with E-state index >= 15 is 0 Å². The normalized spacial score (nSPS) is 10.7. The Kier molecular flexibility index (Phi) is 7.26. The van der Waals surface area contributed by atoms with E-state index in [4.69, 9.17) is 4.74 Å². The van der Waals surface area contributed by atoms with Gasteiger partial charge in [-0.1, -0.05) is 29.1 Å². The average molecular weight is 465 g/mol. The second-order valence-corrected chi connectivity index (χ2v) is 7.89. The highest BCUT2D eigenvalue weighted by Gasteiger charge is 2.21. The summed E-state index contributed by atoms with van der Waals surface area (Å²) in [6.07, 6.45) is 3.94. The minimum Gasteiger partial charge on any atom is -0.497 e. The first kappa shape index (κ1) is 22.4. The van der Waals surface area contributed by atoms with Crippen molar-refractivity contribution in [3.05, 3.63) is 89.8 Å². The molecule has 0 radical (unpaired) electrons. The van der Waals surface area contributed by atoms with Crippen molar-refractivity contribution in [1.29, 1.82) is 0 Å². The number of thioether (sulfide) groups is 1. The zero-order chi connectivity index (χ0) is 23.0. The molecule has 4 aromatic rings. The highest BCUT2D eigenvalue weighted by Crippen LogP contribution is 2.23. The van der Waals surface area contributed by atoms with E-state index in [9.17, 15) is 9.18 Å². The van der Waals surface area contributed by atoms with E-state index in [1.54, 1.807) is 37.7 Å². The fourth-order valence-electron chi connectivity index (χ4n) is 3.12. The van der Waals surface area contributed by atoms with Crippen molar-refractivity contribution in [1.82, 2.24) is 30.3 Å². The topological polar surface area (TPSA) is 94.8 Å². The van der Waals surface area contributed by atoms with Gasteiger partial charge in [0.2, 0.25) is 0 Å².